The fourth-order valence-corrected chi connectivity index (χ4v) is 2.40. The largest absolute Gasteiger partial charge is 0.347 e. The summed E-state index contributed by atoms with van der Waals surface area (Å²) in [6.07, 6.45) is 0. The van der Waals surface area contributed by atoms with E-state index in [0.29, 0.717) is 22.3 Å². The minimum atomic E-state index is -0.723. The highest BCUT2D eigenvalue weighted by molar-refractivity contribution is 6.42. The summed E-state index contributed by atoms with van der Waals surface area (Å²) in [4.78, 5) is 25.7. The maximum absolute atomic E-state index is 11.8. The Morgan fingerprint density at radius 2 is 1.86 bits per heavy atom. The third-order valence-electron chi connectivity index (χ3n) is 3.31. The molecule has 0 aromatic heterocycles. The first-order valence-corrected chi connectivity index (χ1v) is 7.79. The van der Waals surface area contributed by atoms with Crippen LogP contribution in [-0.4, -0.2) is 56.0 Å². The summed E-state index contributed by atoms with van der Waals surface area (Å²) in [7, 11) is 0. The summed E-state index contributed by atoms with van der Waals surface area (Å²) in [5.41, 5.74) is 0.427. The molecule has 1 heterocycles. The molecule has 1 aliphatic rings. The topological polar surface area (TPSA) is 73.5 Å². The van der Waals surface area contributed by atoms with Gasteiger partial charge in [0.2, 0.25) is 0 Å². The number of rotatable bonds is 4. The molecule has 0 radical (unpaired) electrons. The lowest BCUT2D eigenvalue weighted by Gasteiger charge is -2.26. The summed E-state index contributed by atoms with van der Waals surface area (Å²) in [5, 5.41) is 9.05. The van der Waals surface area contributed by atoms with Crippen molar-refractivity contribution in [2.45, 2.75) is 0 Å². The number of nitrogens with one attached hydrogen (secondary N) is 3. The normalized spacial score (nSPS) is 15.4. The van der Waals surface area contributed by atoms with E-state index in [9.17, 15) is 9.59 Å². The lowest BCUT2D eigenvalue weighted by atomic mass is 10.3. The molecule has 0 atom stereocenters. The average molecular weight is 345 g/mol. The molecular formula is C14H18Cl2N4O2. The van der Waals surface area contributed by atoms with Crippen LogP contribution in [0.3, 0.4) is 0 Å². The van der Waals surface area contributed by atoms with Crippen LogP contribution >= 0.6 is 23.2 Å². The van der Waals surface area contributed by atoms with Gasteiger partial charge in [0.25, 0.3) is 0 Å². The van der Waals surface area contributed by atoms with Gasteiger partial charge in [-0.05, 0) is 18.2 Å². The standard InChI is InChI=1S/C14H18Cl2N4O2/c15-11-2-1-10(9-12(11)16)19-14(22)13(21)18-5-8-20-6-3-17-4-7-20/h1-2,9,17H,3-8H2,(H,18,21)(H,19,22). The lowest BCUT2D eigenvalue weighted by molar-refractivity contribution is -0.136. The first-order chi connectivity index (χ1) is 10.6. The zero-order valence-corrected chi connectivity index (χ0v) is 13.5. The second-order valence-corrected chi connectivity index (χ2v) is 5.74. The molecule has 0 spiro atoms. The number of nitrogens with zero attached hydrogens (tertiary/aromatic N) is 1. The molecule has 120 valence electrons. The Kier molecular flexibility index (Phi) is 6.45. The maximum atomic E-state index is 11.8. The van der Waals surface area contributed by atoms with E-state index in [2.05, 4.69) is 20.9 Å². The van der Waals surface area contributed by atoms with Gasteiger partial charge < -0.3 is 16.0 Å². The molecule has 0 saturated carbocycles. The van der Waals surface area contributed by atoms with E-state index < -0.39 is 11.8 Å². The summed E-state index contributed by atoms with van der Waals surface area (Å²) in [5.74, 6) is -1.39. The fraction of sp³-hybridized carbons (Fsp3) is 0.429. The predicted octanol–water partition coefficient (Wildman–Crippen LogP) is 0.953. The van der Waals surface area contributed by atoms with Crippen molar-refractivity contribution in [2.24, 2.45) is 0 Å². The molecule has 2 amide bonds. The Morgan fingerprint density at radius 3 is 2.55 bits per heavy atom. The number of piperazine rings is 1. The number of anilines is 1. The van der Waals surface area contributed by atoms with Gasteiger partial charge in [0, 0.05) is 45.0 Å². The van der Waals surface area contributed by atoms with Gasteiger partial charge in [0.1, 0.15) is 0 Å². The van der Waals surface area contributed by atoms with Crippen molar-refractivity contribution < 1.29 is 9.59 Å². The average Bonchev–Trinajstić information content (AvgIpc) is 2.52. The Hall–Kier alpha value is -1.34. The minimum absolute atomic E-state index is 0.318. The molecule has 1 saturated heterocycles. The van der Waals surface area contributed by atoms with Crippen molar-refractivity contribution in [1.82, 2.24) is 15.5 Å². The number of hydrogen-bond donors (Lipinski definition) is 3. The summed E-state index contributed by atoms with van der Waals surface area (Å²) >= 11 is 11.6. The summed E-state index contributed by atoms with van der Waals surface area (Å²) in [6, 6.07) is 4.64. The lowest BCUT2D eigenvalue weighted by Crippen LogP contribution is -2.47. The van der Waals surface area contributed by atoms with Crippen LogP contribution < -0.4 is 16.0 Å². The van der Waals surface area contributed by atoms with Gasteiger partial charge in [-0.3, -0.25) is 14.5 Å². The quantitative estimate of drug-likeness (QED) is 0.711. The van der Waals surface area contributed by atoms with E-state index >= 15 is 0 Å². The monoisotopic (exact) mass is 344 g/mol. The van der Waals surface area contributed by atoms with Crippen LogP contribution in [0.25, 0.3) is 0 Å². The predicted molar refractivity (Wildman–Crippen MR) is 87.4 cm³/mol. The molecule has 0 bridgehead atoms. The molecule has 22 heavy (non-hydrogen) atoms. The highest BCUT2D eigenvalue weighted by atomic mass is 35.5. The molecular weight excluding hydrogens is 327 g/mol. The molecule has 2 rings (SSSR count). The van der Waals surface area contributed by atoms with Crippen molar-refractivity contribution in [3.05, 3.63) is 28.2 Å². The van der Waals surface area contributed by atoms with Gasteiger partial charge in [-0.15, -0.1) is 0 Å². The van der Waals surface area contributed by atoms with Gasteiger partial charge in [0.05, 0.1) is 10.0 Å². The van der Waals surface area contributed by atoms with Crippen LogP contribution in [0.1, 0.15) is 0 Å². The van der Waals surface area contributed by atoms with E-state index in [4.69, 9.17) is 23.2 Å². The smallest absolute Gasteiger partial charge is 0.313 e. The van der Waals surface area contributed by atoms with Gasteiger partial charge >= 0.3 is 11.8 Å². The highest BCUT2D eigenvalue weighted by Crippen LogP contribution is 2.24. The number of benzene rings is 1. The van der Waals surface area contributed by atoms with E-state index in [1.807, 2.05) is 0 Å². The Labute approximate surface area is 139 Å². The van der Waals surface area contributed by atoms with E-state index in [0.717, 1.165) is 32.7 Å². The number of hydrogen-bond acceptors (Lipinski definition) is 4. The Balaban J connectivity index is 1.74. The van der Waals surface area contributed by atoms with Gasteiger partial charge in [0.15, 0.2) is 0 Å². The van der Waals surface area contributed by atoms with Crippen LogP contribution in [0.15, 0.2) is 18.2 Å². The summed E-state index contributed by atoms with van der Waals surface area (Å²) in [6.45, 7) is 4.97. The van der Waals surface area contributed by atoms with Crippen molar-refractivity contribution in [1.29, 1.82) is 0 Å². The second kappa shape index (κ2) is 8.33. The molecule has 1 aliphatic heterocycles. The highest BCUT2D eigenvalue weighted by Gasteiger charge is 2.15. The van der Waals surface area contributed by atoms with E-state index in [1.54, 1.807) is 12.1 Å². The zero-order valence-electron chi connectivity index (χ0n) is 12.0. The fourth-order valence-electron chi connectivity index (χ4n) is 2.10. The summed E-state index contributed by atoms with van der Waals surface area (Å²) < 4.78 is 0. The van der Waals surface area contributed by atoms with Crippen molar-refractivity contribution in [3.8, 4) is 0 Å². The van der Waals surface area contributed by atoms with Crippen molar-refractivity contribution in [2.75, 3.05) is 44.6 Å². The second-order valence-electron chi connectivity index (χ2n) is 4.93. The van der Waals surface area contributed by atoms with E-state index in [1.165, 1.54) is 6.07 Å². The third-order valence-corrected chi connectivity index (χ3v) is 4.05. The number of carbonyl (C=O) groups is 2. The van der Waals surface area contributed by atoms with Crippen LogP contribution in [-0.2, 0) is 9.59 Å². The van der Waals surface area contributed by atoms with Gasteiger partial charge in [-0.25, -0.2) is 0 Å². The van der Waals surface area contributed by atoms with Crippen LogP contribution in [0, 0.1) is 0 Å². The maximum Gasteiger partial charge on any atom is 0.313 e. The van der Waals surface area contributed by atoms with Gasteiger partial charge in [-0.1, -0.05) is 23.2 Å². The van der Waals surface area contributed by atoms with Crippen LogP contribution in [0.2, 0.25) is 10.0 Å². The number of carbonyl (C=O) groups excluding carboxylic acids is 2. The van der Waals surface area contributed by atoms with Crippen molar-refractivity contribution in [3.63, 3.8) is 0 Å². The van der Waals surface area contributed by atoms with Crippen LogP contribution in [0.5, 0.6) is 0 Å². The Morgan fingerprint density at radius 1 is 1.14 bits per heavy atom. The molecule has 6 nitrogen and oxygen atoms in total. The molecule has 0 aliphatic carbocycles. The molecule has 1 fully saturated rings. The van der Waals surface area contributed by atoms with Crippen LogP contribution in [0.4, 0.5) is 5.69 Å². The molecule has 3 N–H and O–H groups in total. The first-order valence-electron chi connectivity index (χ1n) is 7.03. The number of amides is 2. The Bertz CT molecular complexity index is 548. The minimum Gasteiger partial charge on any atom is -0.347 e. The molecule has 1 aromatic rings. The molecule has 1 aromatic carbocycles. The zero-order chi connectivity index (χ0) is 15.9. The molecule has 8 heteroatoms. The van der Waals surface area contributed by atoms with Crippen molar-refractivity contribution >= 4 is 40.7 Å². The van der Waals surface area contributed by atoms with E-state index in [-0.39, 0.29) is 0 Å². The number of halogens is 2. The SMILES string of the molecule is O=C(NCCN1CCNCC1)C(=O)Nc1ccc(Cl)c(Cl)c1. The first kappa shape index (κ1) is 17.0. The van der Waals surface area contributed by atoms with Gasteiger partial charge in [-0.2, -0.15) is 0 Å². The third kappa shape index (κ3) is 5.14. The molecule has 0 unspecified atom stereocenters.